The van der Waals surface area contributed by atoms with Crippen LogP contribution in [0.1, 0.15) is 33.1 Å². The fourth-order valence-electron chi connectivity index (χ4n) is 2.51. The van der Waals surface area contributed by atoms with Crippen molar-refractivity contribution in [2.75, 3.05) is 6.61 Å². The number of benzene rings is 1. The van der Waals surface area contributed by atoms with E-state index in [1.54, 1.807) is 0 Å². The number of allylic oxidation sites excluding steroid dienone is 1. The molecule has 3 rings (SSSR count). The standard InChI is InChI=1S/C20H26N2O2/c1-3-14(2)20(21)19-10-9-18(12-22-19)24-17-6-4-5-16(11-17)23-13-15-7-8-15/h4-6,9-12,14-15,19,21-22H,3,7-8,13H2,1-2H3. The Labute approximate surface area is 144 Å². The molecule has 1 aliphatic heterocycles. The molecule has 2 N–H and O–H groups in total. The van der Waals surface area contributed by atoms with Gasteiger partial charge in [-0.15, -0.1) is 0 Å². The van der Waals surface area contributed by atoms with E-state index in [0.717, 1.165) is 36.2 Å². The predicted molar refractivity (Wildman–Crippen MR) is 96.6 cm³/mol. The molecule has 1 saturated carbocycles. The van der Waals surface area contributed by atoms with Crippen LogP contribution in [0.2, 0.25) is 0 Å². The molecule has 0 aromatic heterocycles. The first kappa shape index (κ1) is 16.6. The summed E-state index contributed by atoms with van der Waals surface area (Å²) in [5.41, 5.74) is 0.708. The molecule has 4 nitrogen and oxygen atoms in total. The average molecular weight is 326 g/mol. The number of hydrogen-bond donors (Lipinski definition) is 2. The maximum atomic E-state index is 8.19. The monoisotopic (exact) mass is 326 g/mol. The molecule has 1 aliphatic carbocycles. The Hall–Kier alpha value is -2.23. The molecule has 4 heteroatoms. The van der Waals surface area contributed by atoms with Crippen LogP contribution < -0.4 is 14.8 Å². The van der Waals surface area contributed by atoms with E-state index in [9.17, 15) is 0 Å². The van der Waals surface area contributed by atoms with Crippen molar-refractivity contribution in [3.05, 3.63) is 48.4 Å². The van der Waals surface area contributed by atoms with E-state index < -0.39 is 0 Å². The molecule has 1 aromatic carbocycles. The van der Waals surface area contributed by atoms with E-state index in [2.05, 4.69) is 19.2 Å². The van der Waals surface area contributed by atoms with E-state index in [4.69, 9.17) is 14.9 Å². The second-order valence-corrected chi connectivity index (χ2v) is 6.65. The number of nitrogens with one attached hydrogen (secondary N) is 2. The van der Waals surface area contributed by atoms with Gasteiger partial charge in [-0.1, -0.05) is 26.0 Å². The third-order valence-electron chi connectivity index (χ3n) is 4.56. The second-order valence-electron chi connectivity index (χ2n) is 6.65. The summed E-state index contributed by atoms with van der Waals surface area (Å²) in [6.45, 7) is 4.99. The summed E-state index contributed by atoms with van der Waals surface area (Å²) in [4.78, 5) is 0. The summed E-state index contributed by atoms with van der Waals surface area (Å²) in [6, 6.07) is 7.71. The quantitative estimate of drug-likeness (QED) is 0.701. The van der Waals surface area contributed by atoms with Gasteiger partial charge < -0.3 is 20.2 Å². The molecular formula is C20H26N2O2. The molecule has 2 unspecified atom stereocenters. The van der Waals surface area contributed by atoms with Gasteiger partial charge in [0.25, 0.3) is 0 Å². The smallest absolute Gasteiger partial charge is 0.142 e. The zero-order valence-corrected chi connectivity index (χ0v) is 14.4. The Bertz CT molecular complexity index is 647. The van der Waals surface area contributed by atoms with Crippen LogP contribution in [0.15, 0.2) is 48.4 Å². The van der Waals surface area contributed by atoms with Crippen molar-refractivity contribution in [1.29, 1.82) is 5.41 Å². The lowest BCUT2D eigenvalue weighted by Crippen LogP contribution is -2.36. The zero-order chi connectivity index (χ0) is 16.9. The van der Waals surface area contributed by atoms with E-state index in [1.165, 1.54) is 12.8 Å². The van der Waals surface area contributed by atoms with E-state index in [1.807, 2.05) is 42.6 Å². The largest absolute Gasteiger partial charge is 0.493 e. The van der Waals surface area contributed by atoms with Crippen LogP contribution >= 0.6 is 0 Å². The molecule has 1 aromatic rings. The summed E-state index contributed by atoms with van der Waals surface area (Å²) in [5, 5.41) is 11.4. The van der Waals surface area contributed by atoms with Gasteiger partial charge in [0.1, 0.15) is 17.3 Å². The highest BCUT2D eigenvalue weighted by molar-refractivity contribution is 5.90. The van der Waals surface area contributed by atoms with Crippen LogP contribution in [0, 0.1) is 17.2 Å². The Morgan fingerprint density at radius 1 is 1.33 bits per heavy atom. The van der Waals surface area contributed by atoms with Gasteiger partial charge >= 0.3 is 0 Å². The summed E-state index contributed by atoms with van der Waals surface area (Å²) in [5.74, 6) is 3.37. The van der Waals surface area contributed by atoms with Crippen LogP contribution in [0.3, 0.4) is 0 Å². The maximum absolute atomic E-state index is 8.19. The van der Waals surface area contributed by atoms with Crippen molar-refractivity contribution in [2.45, 2.75) is 39.2 Å². The molecule has 24 heavy (non-hydrogen) atoms. The van der Waals surface area contributed by atoms with Gasteiger partial charge in [0, 0.05) is 18.0 Å². The van der Waals surface area contributed by atoms with Gasteiger partial charge in [0.15, 0.2) is 0 Å². The number of hydrogen-bond acceptors (Lipinski definition) is 4. The number of dihydropyridines is 1. The highest BCUT2D eigenvalue weighted by Crippen LogP contribution is 2.30. The van der Waals surface area contributed by atoms with Crippen LogP contribution in [-0.4, -0.2) is 18.4 Å². The molecule has 0 bridgehead atoms. The van der Waals surface area contributed by atoms with E-state index in [0.29, 0.717) is 5.71 Å². The molecule has 2 aliphatic rings. The first-order valence-corrected chi connectivity index (χ1v) is 8.79. The third kappa shape index (κ3) is 4.40. The molecule has 0 saturated heterocycles. The van der Waals surface area contributed by atoms with Gasteiger partial charge in [-0.2, -0.15) is 0 Å². The lowest BCUT2D eigenvalue weighted by atomic mass is 9.95. The molecular weight excluding hydrogens is 300 g/mol. The molecule has 1 fully saturated rings. The van der Waals surface area contributed by atoms with Crippen molar-refractivity contribution in [2.24, 2.45) is 11.8 Å². The average Bonchev–Trinajstić information content (AvgIpc) is 3.44. The number of ether oxygens (including phenoxy) is 2. The Morgan fingerprint density at radius 3 is 2.79 bits per heavy atom. The fraction of sp³-hybridized carbons (Fsp3) is 0.450. The minimum Gasteiger partial charge on any atom is -0.493 e. The third-order valence-corrected chi connectivity index (χ3v) is 4.56. The van der Waals surface area contributed by atoms with Crippen LogP contribution in [0.25, 0.3) is 0 Å². The van der Waals surface area contributed by atoms with Crippen LogP contribution in [-0.2, 0) is 0 Å². The zero-order valence-electron chi connectivity index (χ0n) is 14.4. The SMILES string of the molecule is CCC(C)C(=N)C1C=CC(Oc2cccc(OCC3CC3)c2)=CN1. The van der Waals surface area contributed by atoms with Crippen molar-refractivity contribution in [3.8, 4) is 11.5 Å². The Balaban J connectivity index is 1.55. The second kappa shape index (κ2) is 7.56. The fourth-order valence-corrected chi connectivity index (χ4v) is 2.51. The molecule has 0 amide bonds. The summed E-state index contributed by atoms with van der Waals surface area (Å²) in [7, 11) is 0. The van der Waals surface area contributed by atoms with Crippen molar-refractivity contribution in [1.82, 2.24) is 5.32 Å². The lowest BCUT2D eigenvalue weighted by molar-refractivity contribution is 0.298. The van der Waals surface area contributed by atoms with Crippen molar-refractivity contribution < 1.29 is 9.47 Å². The Morgan fingerprint density at radius 2 is 2.12 bits per heavy atom. The van der Waals surface area contributed by atoms with Crippen LogP contribution in [0.5, 0.6) is 11.5 Å². The highest BCUT2D eigenvalue weighted by atomic mass is 16.5. The predicted octanol–water partition coefficient (Wildman–Crippen LogP) is 4.29. The normalized spacial score (nSPS) is 20.8. The molecule has 128 valence electrons. The lowest BCUT2D eigenvalue weighted by Gasteiger charge is -2.22. The van der Waals surface area contributed by atoms with Crippen molar-refractivity contribution in [3.63, 3.8) is 0 Å². The summed E-state index contributed by atoms with van der Waals surface area (Å²) < 4.78 is 11.7. The molecule has 1 heterocycles. The molecule has 0 radical (unpaired) electrons. The van der Waals surface area contributed by atoms with Gasteiger partial charge in [-0.3, -0.25) is 0 Å². The maximum Gasteiger partial charge on any atom is 0.142 e. The highest BCUT2D eigenvalue weighted by Gasteiger charge is 2.22. The summed E-state index contributed by atoms with van der Waals surface area (Å²) >= 11 is 0. The first-order chi connectivity index (χ1) is 11.7. The van der Waals surface area contributed by atoms with E-state index in [-0.39, 0.29) is 12.0 Å². The number of rotatable bonds is 8. The molecule has 2 atom stereocenters. The summed E-state index contributed by atoms with van der Waals surface area (Å²) in [6.07, 6.45) is 9.29. The molecule has 0 spiro atoms. The first-order valence-electron chi connectivity index (χ1n) is 8.79. The minimum absolute atomic E-state index is 0.0412. The minimum atomic E-state index is -0.0412. The van der Waals surface area contributed by atoms with Gasteiger partial charge in [0.05, 0.1) is 12.6 Å². The van der Waals surface area contributed by atoms with Gasteiger partial charge in [-0.05, 0) is 49.3 Å². The van der Waals surface area contributed by atoms with E-state index >= 15 is 0 Å². The Kier molecular flexibility index (Phi) is 5.24. The van der Waals surface area contributed by atoms with Gasteiger partial charge in [0.2, 0.25) is 0 Å². The van der Waals surface area contributed by atoms with Crippen molar-refractivity contribution >= 4 is 5.71 Å². The topological polar surface area (TPSA) is 54.3 Å². The van der Waals surface area contributed by atoms with Gasteiger partial charge in [-0.25, -0.2) is 0 Å². The van der Waals surface area contributed by atoms with Crippen LogP contribution in [0.4, 0.5) is 0 Å².